The molecule has 2 aliphatic carbocycles. The highest BCUT2D eigenvalue weighted by Crippen LogP contribution is 2.58. The molecule has 0 bridgehead atoms. The molecule has 1 aromatic heterocycles. The molecule has 2 atom stereocenters. The van der Waals surface area contributed by atoms with Crippen LogP contribution in [-0.2, 0) is 19.6 Å². The van der Waals surface area contributed by atoms with Gasteiger partial charge in [0.05, 0.1) is 0 Å². The minimum atomic E-state index is -4.29. The highest BCUT2D eigenvalue weighted by atomic mass is 19.4. The summed E-state index contributed by atoms with van der Waals surface area (Å²) < 4.78 is 39.1. The summed E-state index contributed by atoms with van der Waals surface area (Å²) in [5.41, 5.74) is 0.614. The van der Waals surface area contributed by atoms with E-state index in [4.69, 9.17) is 0 Å². The SMILES string of the molecule is CC.Cn1nc(C(F)(F)F)c2c1CC1CC21. The number of hydrogen-bond donors (Lipinski definition) is 0. The summed E-state index contributed by atoms with van der Waals surface area (Å²) >= 11 is 0. The Morgan fingerprint density at radius 3 is 2.50 bits per heavy atom. The number of aryl methyl sites for hydroxylation is 1. The van der Waals surface area contributed by atoms with Crippen molar-refractivity contribution in [2.75, 3.05) is 0 Å². The van der Waals surface area contributed by atoms with Gasteiger partial charge in [-0.1, -0.05) is 13.8 Å². The van der Waals surface area contributed by atoms with Crippen LogP contribution >= 0.6 is 0 Å². The zero-order valence-corrected chi connectivity index (χ0v) is 9.60. The molecule has 0 aromatic carbocycles. The number of alkyl halides is 3. The van der Waals surface area contributed by atoms with Crippen LogP contribution in [0.15, 0.2) is 0 Å². The number of hydrogen-bond acceptors (Lipinski definition) is 1. The van der Waals surface area contributed by atoms with Gasteiger partial charge in [-0.3, -0.25) is 4.68 Å². The lowest BCUT2D eigenvalue weighted by Crippen LogP contribution is -2.09. The number of fused-ring (bicyclic) bond motifs is 3. The largest absolute Gasteiger partial charge is 0.435 e. The number of halogens is 3. The van der Waals surface area contributed by atoms with E-state index in [9.17, 15) is 13.2 Å². The molecule has 5 heteroatoms. The van der Waals surface area contributed by atoms with Gasteiger partial charge in [0.2, 0.25) is 0 Å². The molecule has 1 aromatic rings. The highest BCUT2D eigenvalue weighted by molar-refractivity contribution is 5.42. The van der Waals surface area contributed by atoms with Gasteiger partial charge in [-0.15, -0.1) is 0 Å². The van der Waals surface area contributed by atoms with E-state index in [1.807, 2.05) is 13.8 Å². The Balaban J connectivity index is 0.000000457. The Labute approximate surface area is 92.4 Å². The molecule has 1 heterocycles. The van der Waals surface area contributed by atoms with E-state index in [0.29, 0.717) is 11.5 Å². The van der Waals surface area contributed by atoms with E-state index >= 15 is 0 Å². The predicted molar refractivity (Wildman–Crippen MR) is 54.1 cm³/mol. The molecular weight excluding hydrogens is 217 g/mol. The van der Waals surface area contributed by atoms with Gasteiger partial charge < -0.3 is 0 Å². The summed E-state index contributed by atoms with van der Waals surface area (Å²) in [7, 11) is 1.60. The molecule has 16 heavy (non-hydrogen) atoms. The molecule has 1 saturated carbocycles. The molecule has 0 N–H and O–H groups in total. The van der Waals surface area contributed by atoms with Crippen molar-refractivity contribution in [3.05, 3.63) is 17.0 Å². The Kier molecular flexibility index (Phi) is 2.51. The molecule has 0 amide bonds. The maximum atomic E-state index is 12.6. The van der Waals surface area contributed by atoms with Crippen LogP contribution in [0.1, 0.15) is 43.1 Å². The van der Waals surface area contributed by atoms with Gasteiger partial charge in [0, 0.05) is 18.3 Å². The minimum Gasteiger partial charge on any atom is -0.272 e. The van der Waals surface area contributed by atoms with Crippen molar-refractivity contribution < 1.29 is 13.2 Å². The van der Waals surface area contributed by atoms with Crippen LogP contribution in [0.3, 0.4) is 0 Å². The first-order valence-electron chi connectivity index (χ1n) is 5.61. The van der Waals surface area contributed by atoms with Gasteiger partial charge in [-0.05, 0) is 24.7 Å². The van der Waals surface area contributed by atoms with E-state index in [1.54, 1.807) is 7.05 Å². The fourth-order valence-electron chi connectivity index (χ4n) is 2.49. The zero-order chi connectivity index (χ0) is 12.1. The van der Waals surface area contributed by atoms with E-state index in [0.717, 1.165) is 18.5 Å². The fraction of sp³-hybridized carbons (Fsp3) is 0.727. The molecular formula is C11H15F3N2. The second-order valence-electron chi connectivity index (χ2n) is 4.14. The van der Waals surface area contributed by atoms with Gasteiger partial charge in [0.25, 0.3) is 0 Å². The normalized spacial score (nSPS) is 25.6. The number of rotatable bonds is 0. The highest BCUT2D eigenvalue weighted by Gasteiger charge is 2.53. The molecule has 0 saturated heterocycles. The van der Waals surface area contributed by atoms with Crippen molar-refractivity contribution in [3.63, 3.8) is 0 Å². The summed E-state index contributed by atoms with van der Waals surface area (Å²) in [4.78, 5) is 0. The first kappa shape index (κ1) is 11.5. The van der Waals surface area contributed by atoms with E-state index in [1.165, 1.54) is 4.68 Å². The molecule has 2 aliphatic rings. The van der Waals surface area contributed by atoms with Crippen LogP contribution in [-0.4, -0.2) is 9.78 Å². The quantitative estimate of drug-likeness (QED) is 0.672. The topological polar surface area (TPSA) is 17.8 Å². The fourth-order valence-corrected chi connectivity index (χ4v) is 2.49. The van der Waals surface area contributed by atoms with Gasteiger partial charge in [0.1, 0.15) is 0 Å². The van der Waals surface area contributed by atoms with Crippen molar-refractivity contribution in [2.24, 2.45) is 13.0 Å². The van der Waals surface area contributed by atoms with Gasteiger partial charge in [-0.2, -0.15) is 18.3 Å². The Bertz CT molecular complexity index is 406. The van der Waals surface area contributed by atoms with Gasteiger partial charge in [0.15, 0.2) is 5.69 Å². The lowest BCUT2D eigenvalue weighted by molar-refractivity contribution is -0.142. The minimum absolute atomic E-state index is 0.148. The van der Waals surface area contributed by atoms with E-state index in [-0.39, 0.29) is 5.92 Å². The Morgan fingerprint density at radius 2 is 1.94 bits per heavy atom. The summed E-state index contributed by atoms with van der Waals surface area (Å²) in [5.74, 6) is 0.616. The average Bonchev–Trinajstić information content (AvgIpc) is 2.75. The van der Waals surface area contributed by atoms with Crippen molar-refractivity contribution >= 4 is 0 Å². The van der Waals surface area contributed by atoms with Crippen molar-refractivity contribution in [3.8, 4) is 0 Å². The van der Waals surface area contributed by atoms with Crippen LogP contribution in [0.2, 0.25) is 0 Å². The van der Waals surface area contributed by atoms with Crippen LogP contribution in [0.25, 0.3) is 0 Å². The van der Waals surface area contributed by atoms with Crippen molar-refractivity contribution in [1.29, 1.82) is 0 Å². The first-order valence-corrected chi connectivity index (χ1v) is 5.61. The smallest absolute Gasteiger partial charge is 0.272 e. The zero-order valence-electron chi connectivity index (χ0n) is 9.60. The van der Waals surface area contributed by atoms with Crippen molar-refractivity contribution in [1.82, 2.24) is 9.78 Å². The lowest BCUT2D eigenvalue weighted by atomic mass is 10.1. The monoisotopic (exact) mass is 232 g/mol. The van der Waals surface area contributed by atoms with Crippen LogP contribution < -0.4 is 0 Å². The second kappa shape index (κ2) is 3.50. The maximum Gasteiger partial charge on any atom is 0.435 e. The molecule has 1 fully saturated rings. The van der Waals surface area contributed by atoms with Crippen molar-refractivity contribution in [2.45, 2.75) is 38.8 Å². The first-order chi connectivity index (χ1) is 7.48. The third-order valence-corrected chi connectivity index (χ3v) is 3.22. The lowest BCUT2D eigenvalue weighted by Gasteiger charge is -2.03. The third kappa shape index (κ3) is 1.53. The predicted octanol–water partition coefficient (Wildman–Crippen LogP) is 3.12. The van der Waals surface area contributed by atoms with Gasteiger partial charge >= 0.3 is 6.18 Å². The molecule has 0 aliphatic heterocycles. The summed E-state index contributed by atoms with van der Waals surface area (Å²) in [6, 6.07) is 0. The molecule has 0 radical (unpaired) electrons. The molecule has 2 unspecified atom stereocenters. The Hall–Kier alpha value is -1.00. The number of nitrogens with zero attached hydrogens (tertiary/aromatic N) is 2. The maximum absolute atomic E-state index is 12.6. The summed E-state index contributed by atoms with van der Waals surface area (Å²) in [6.45, 7) is 4.00. The number of aromatic nitrogens is 2. The Morgan fingerprint density at radius 1 is 1.31 bits per heavy atom. The second-order valence-corrected chi connectivity index (χ2v) is 4.14. The molecule has 90 valence electrons. The van der Waals surface area contributed by atoms with E-state index < -0.39 is 11.9 Å². The van der Waals surface area contributed by atoms with Crippen LogP contribution in [0, 0.1) is 5.92 Å². The van der Waals surface area contributed by atoms with E-state index in [2.05, 4.69) is 5.10 Å². The van der Waals surface area contributed by atoms with Crippen LogP contribution in [0.5, 0.6) is 0 Å². The molecule has 0 spiro atoms. The average molecular weight is 232 g/mol. The standard InChI is InChI=1S/C9H9F3N2.C2H6/c1-14-6-3-4-2-5(4)7(6)8(13-14)9(10,11)12;1-2/h4-5H,2-3H2,1H3;1-2H3. The summed E-state index contributed by atoms with van der Waals surface area (Å²) in [6.07, 6.45) is -2.59. The third-order valence-electron chi connectivity index (χ3n) is 3.22. The molecule has 3 rings (SSSR count). The summed E-state index contributed by atoms with van der Waals surface area (Å²) in [5, 5.41) is 3.57. The van der Waals surface area contributed by atoms with Crippen LogP contribution in [0.4, 0.5) is 13.2 Å². The molecule has 2 nitrogen and oxygen atoms in total. The van der Waals surface area contributed by atoms with Gasteiger partial charge in [-0.25, -0.2) is 0 Å².